The lowest BCUT2D eigenvalue weighted by Gasteiger charge is -2.18. The number of aromatic nitrogens is 2. The minimum Gasteiger partial charge on any atom is -0.497 e. The number of hydrogen-bond donors (Lipinski definition) is 2. The minimum absolute atomic E-state index is 0.112. The zero-order valence-electron chi connectivity index (χ0n) is 15.1. The Kier molecular flexibility index (Phi) is 6.09. The normalized spacial score (nSPS) is 21.8. The molecule has 0 saturated carbocycles. The van der Waals surface area contributed by atoms with Gasteiger partial charge < -0.3 is 28.6 Å². The average Bonchev–Trinajstić information content (AvgIpc) is 3.22. The molecular formula is C17H22N3O6S+. The van der Waals surface area contributed by atoms with E-state index in [1.54, 1.807) is 31.4 Å². The number of nitrogens with one attached hydrogen (secondary N) is 1. The molecule has 0 amide bonds. The van der Waals surface area contributed by atoms with E-state index >= 15 is 0 Å². The van der Waals surface area contributed by atoms with Gasteiger partial charge in [-0.15, -0.1) is 5.10 Å². The van der Waals surface area contributed by atoms with Crippen molar-refractivity contribution >= 4 is 18.2 Å². The van der Waals surface area contributed by atoms with Crippen LogP contribution in [0.3, 0.4) is 0 Å². The minimum atomic E-state index is -0.567. The zero-order valence-corrected chi connectivity index (χ0v) is 15.9. The largest absolute Gasteiger partial charge is 0.497 e. The predicted molar refractivity (Wildman–Crippen MR) is 94.9 cm³/mol. The lowest BCUT2D eigenvalue weighted by atomic mass is 10.2. The summed E-state index contributed by atoms with van der Waals surface area (Å²) < 4.78 is 22.5. The molecule has 1 aromatic heterocycles. The maximum absolute atomic E-state index is 11.9. The predicted octanol–water partition coefficient (Wildman–Crippen LogP) is -0.0582. The molecule has 9 nitrogen and oxygen atoms in total. The summed E-state index contributed by atoms with van der Waals surface area (Å²) >= 11 is 5.20. The van der Waals surface area contributed by atoms with Gasteiger partial charge in [0.05, 0.1) is 14.2 Å². The van der Waals surface area contributed by atoms with E-state index < -0.39 is 12.1 Å². The summed E-state index contributed by atoms with van der Waals surface area (Å²) in [6.45, 7) is 0.815. The number of ether oxygens (including phenoxy) is 3. The van der Waals surface area contributed by atoms with E-state index in [0.29, 0.717) is 31.3 Å². The summed E-state index contributed by atoms with van der Waals surface area (Å²) in [5.41, 5.74) is 0. The Bertz CT molecular complexity index is 834. The van der Waals surface area contributed by atoms with Gasteiger partial charge in [0, 0.05) is 6.42 Å². The summed E-state index contributed by atoms with van der Waals surface area (Å²) in [7, 11) is 2.93. The summed E-state index contributed by atoms with van der Waals surface area (Å²) in [6, 6.07) is 6.68. The molecule has 3 rings (SSSR count). The molecule has 1 saturated heterocycles. The second kappa shape index (κ2) is 8.51. The van der Waals surface area contributed by atoms with Crippen LogP contribution >= 0.6 is 12.2 Å². The van der Waals surface area contributed by atoms with Crippen LogP contribution in [0.4, 0.5) is 0 Å². The van der Waals surface area contributed by atoms with Crippen molar-refractivity contribution in [3.05, 3.63) is 35.0 Å². The molecule has 0 spiro atoms. The molecule has 2 heterocycles. The number of aliphatic hydroxyl groups excluding tert-OH is 1. The highest BCUT2D eigenvalue weighted by Crippen LogP contribution is 2.18. The first-order chi connectivity index (χ1) is 13.0. The fourth-order valence-electron chi connectivity index (χ4n) is 3.06. The van der Waals surface area contributed by atoms with Gasteiger partial charge in [0.25, 0.3) is 10.7 Å². The maximum Gasteiger partial charge on any atom is 0.364 e. The lowest BCUT2D eigenvalue weighted by Crippen LogP contribution is -3.14. The van der Waals surface area contributed by atoms with E-state index in [1.165, 1.54) is 11.8 Å². The van der Waals surface area contributed by atoms with Gasteiger partial charge >= 0.3 is 5.97 Å². The molecule has 27 heavy (non-hydrogen) atoms. The molecule has 1 aliphatic heterocycles. The van der Waals surface area contributed by atoms with Gasteiger partial charge in [-0.2, -0.15) is 4.68 Å². The van der Waals surface area contributed by atoms with Crippen LogP contribution in [-0.4, -0.2) is 53.8 Å². The molecule has 2 N–H and O–H groups in total. The van der Waals surface area contributed by atoms with Crippen molar-refractivity contribution in [3.8, 4) is 11.5 Å². The van der Waals surface area contributed by atoms with Crippen LogP contribution in [-0.2, 0) is 22.8 Å². The van der Waals surface area contributed by atoms with E-state index in [0.717, 1.165) is 10.6 Å². The number of likely N-dealkylation sites (tertiary alicyclic amines) is 1. The number of carbonyl (C=O) groups excluding carboxylic acids is 1. The number of rotatable bonds is 7. The second-order valence-corrected chi connectivity index (χ2v) is 6.56. The monoisotopic (exact) mass is 396 g/mol. The van der Waals surface area contributed by atoms with Gasteiger partial charge in [0.15, 0.2) is 19.3 Å². The fraction of sp³-hybridized carbons (Fsp3) is 0.471. The van der Waals surface area contributed by atoms with E-state index in [1.807, 2.05) is 0 Å². The topological polar surface area (TPSA) is 100 Å². The number of hydrogen-bond acceptors (Lipinski definition) is 8. The van der Waals surface area contributed by atoms with Gasteiger partial charge in [0.1, 0.15) is 24.1 Å². The molecule has 1 aliphatic rings. The molecule has 146 valence electrons. The molecule has 0 radical (unpaired) electrons. The van der Waals surface area contributed by atoms with Crippen molar-refractivity contribution in [1.82, 2.24) is 9.78 Å². The highest BCUT2D eigenvalue weighted by atomic mass is 32.1. The first kappa shape index (κ1) is 19.3. The van der Waals surface area contributed by atoms with Gasteiger partial charge in [-0.25, -0.2) is 4.79 Å². The Morgan fingerprint density at radius 2 is 2.07 bits per heavy atom. The van der Waals surface area contributed by atoms with Crippen LogP contribution in [0.15, 0.2) is 28.7 Å². The first-order valence-electron chi connectivity index (χ1n) is 8.44. The van der Waals surface area contributed by atoms with E-state index in [4.69, 9.17) is 30.8 Å². The maximum atomic E-state index is 11.9. The van der Waals surface area contributed by atoms with Crippen LogP contribution in [0.25, 0.3) is 0 Å². The van der Waals surface area contributed by atoms with E-state index in [-0.39, 0.29) is 17.4 Å². The van der Waals surface area contributed by atoms with Crippen LogP contribution in [0.2, 0.25) is 0 Å². The third-order valence-corrected chi connectivity index (χ3v) is 4.70. The average molecular weight is 396 g/mol. The number of aliphatic hydroxyl groups is 1. The first-order valence-corrected chi connectivity index (χ1v) is 8.85. The molecule has 0 bridgehead atoms. The zero-order chi connectivity index (χ0) is 19.4. The summed E-state index contributed by atoms with van der Waals surface area (Å²) in [5, 5.41) is 14.2. The second-order valence-electron chi connectivity index (χ2n) is 6.21. The molecule has 10 heteroatoms. The Labute approximate surface area is 161 Å². The van der Waals surface area contributed by atoms with E-state index in [2.05, 4.69) is 5.10 Å². The van der Waals surface area contributed by atoms with Gasteiger partial charge in [-0.3, -0.25) is 0 Å². The number of esters is 1. The van der Waals surface area contributed by atoms with Crippen LogP contribution < -0.4 is 14.4 Å². The van der Waals surface area contributed by atoms with Crippen LogP contribution in [0.1, 0.15) is 12.3 Å². The quantitative estimate of drug-likeness (QED) is 0.496. The highest BCUT2D eigenvalue weighted by Gasteiger charge is 2.41. The fourth-order valence-corrected chi connectivity index (χ4v) is 3.27. The Hall–Kier alpha value is -2.43. The third kappa shape index (κ3) is 4.65. The van der Waals surface area contributed by atoms with E-state index in [9.17, 15) is 9.90 Å². The summed E-state index contributed by atoms with van der Waals surface area (Å²) in [6.07, 6.45) is -0.219. The number of benzene rings is 1. The van der Waals surface area contributed by atoms with Gasteiger partial charge in [-0.1, -0.05) is 0 Å². The Morgan fingerprint density at radius 3 is 2.74 bits per heavy atom. The van der Waals surface area contributed by atoms with Crippen molar-refractivity contribution in [1.29, 1.82) is 0 Å². The number of methoxy groups -OCH3 is 2. The van der Waals surface area contributed by atoms with Crippen molar-refractivity contribution in [2.45, 2.75) is 31.8 Å². The molecular weight excluding hydrogens is 374 g/mol. The molecule has 2 aromatic rings. The molecule has 3 atom stereocenters. The summed E-state index contributed by atoms with van der Waals surface area (Å²) in [5.74, 6) is 1.34. The van der Waals surface area contributed by atoms with Crippen LogP contribution in [0.5, 0.6) is 11.5 Å². The molecule has 0 aliphatic carbocycles. The van der Waals surface area contributed by atoms with Crippen molar-refractivity contribution in [2.75, 3.05) is 20.8 Å². The SMILES string of the molecule is COC(=O)[C@@H]1C[C@@H](O)C[NH+]1Cn1nc(COc2ccc(OC)cc2)oc1=S. The molecule has 1 unspecified atom stereocenters. The number of quaternary nitrogens is 1. The highest BCUT2D eigenvalue weighted by molar-refractivity contribution is 7.71. The third-order valence-electron chi connectivity index (χ3n) is 4.41. The van der Waals surface area contributed by atoms with Crippen molar-refractivity contribution < 1.29 is 33.4 Å². The molecule has 1 fully saturated rings. The molecule has 1 aromatic carbocycles. The summed E-state index contributed by atoms with van der Waals surface area (Å²) in [4.78, 5) is 12.9. The van der Waals surface area contributed by atoms with Gasteiger partial charge in [-0.05, 0) is 36.5 Å². The van der Waals surface area contributed by atoms with Gasteiger partial charge in [0.2, 0.25) is 0 Å². The van der Waals surface area contributed by atoms with Crippen molar-refractivity contribution in [3.63, 3.8) is 0 Å². The smallest absolute Gasteiger partial charge is 0.364 e. The number of nitrogens with zero attached hydrogens (tertiary/aromatic N) is 2. The Morgan fingerprint density at radius 1 is 1.37 bits per heavy atom. The van der Waals surface area contributed by atoms with Crippen molar-refractivity contribution in [2.24, 2.45) is 0 Å². The van der Waals surface area contributed by atoms with Crippen LogP contribution in [0, 0.1) is 4.84 Å². The standard InChI is InChI=1S/C17H21N3O6S/c1-23-12-3-5-13(6-4-12)25-9-15-18-20(17(27)26-15)10-19-8-11(21)7-14(19)16(22)24-2/h3-6,11,14,21H,7-10H2,1-2H3/p+1/t11-,14+/m1/s1. The number of carbonyl (C=O) groups is 1. The lowest BCUT2D eigenvalue weighted by molar-refractivity contribution is -0.928. The Balaban J connectivity index is 1.63.